The molecule has 0 heterocycles. The van der Waals surface area contributed by atoms with Crippen molar-refractivity contribution in [1.29, 1.82) is 0 Å². The molecular formula is C33H46F5NO7S. The molecule has 0 aromatic heterocycles. The molecule has 3 N–H and O–H groups in total. The van der Waals surface area contributed by atoms with E-state index in [1.54, 1.807) is 4.72 Å². The average Bonchev–Trinajstić information content (AvgIpc) is 3.33. The van der Waals surface area contributed by atoms with Gasteiger partial charge in [-0.15, -0.1) is 0 Å². The van der Waals surface area contributed by atoms with Crippen LogP contribution in [0.25, 0.3) is 0 Å². The highest BCUT2D eigenvalue weighted by molar-refractivity contribution is 7.90. The van der Waals surface area contributed by atoms with E-state index in [-0.39, 0.29) is 47.2 Å². The van der Waals surface area contributed by atoms with Crippen LogP contribution in [0.2, 0.25) is 0 Å². The first-order valence-corrected chi connectivity index (χ1v) is 18.0. The van der Waals surface area contributed by atoms with E-state index < -0.39 is 45.2 Å². The van der Waals surface area contributed by atoms with Gasteiger partial charge in [-0.05, 0) is 121 Å². The first kappa shape index (κ1) is 36.1. The van der Waals surface area contributed by atoms with Gasteiger partial charge in [0.1, 0.15) is 5.75 Å². The molecule has 14 heteroatoms. The molecular weight excluding hydrogens is 649 g/mol. The van der Waals surface area contributed by atoms with Crippen molar-refractivity contribution < 1.29 is 54.9 Å². The number of nitrogens with one attached hydrogen (secondary N) is 1. The van der Waals surface area contributed by atoms with E-state index in [0.717, 1.165) is 63.5 Å². The van der Waals surface area contributed by atoms with Crippen molar-refractivity contribution in [3.05, 3.63) is 24.3 Å². The molecule has 4 aliphatic rings. The summed E-state index contributed by atoms with van der Waals surface area (Å²) in [6.07, 6.45) is -6.30. The highest BCUT2D eigenvalue weighted by atomic mass is 32.2. The largest absolute Gasteiger partial charge is 0.499 e. The molecule has 1 aromatic rings. The summed E-state index contributed by atoms with van der Waals surface area (Å²) in [5, 5.41) is 22.4. The lowest BCUT2D eigenvalue weighted by Crippen LogP contribution is -2.62. The molecule has 1 amide bonds. The number of alkyl halides is 5. The van der Waals surface area contributed by atoms with Crippen LogP contribution in [0.1, 0.15) is 79.1 Å². The maximum Gasteiger partial charge on any atom is 0.499 e. The molecule has 4 aliphatic carbocycles. The molecule has 47 heavy (non-hydrogen) atoms. The third kappa shape index (κ3) is 6.47. The summed E-state index contributed by atoms with van der Waals surface area (Å²) in [7, 11) is -4.53. The number of ether oxygens (including phenoxy) is 2. The van der Waals surface area contributed by atoms with Crippen molar-refractivity contribution >= 4 is 16.1 Å². The number of carbonyl (C=O) groups excluding carboxylic acids is 1. The summed E-state index contributed by atoms with van der Waals surface area (Å²) >= 11 is 0. The van der Waals surface area contributed by atoms with Crippen LogP contribution in [0, 0.1) is 52.3 Å². The van der Waals surface area contributed by atoms with Crippen molar-refractivity contribution in [3.8, 4) is 5.75 Å². The van der Waals surface area contributed by atoms with Gasteiger partial charge in [-0.1, -0.05) is 34.1 Å². The van der Waals surface area contributed by atoms with Gasteiger partial charge >= 0.3 is 18.4 Å². The Morgan fingerprint density at radius 2 is 1.60 bits per heavy atom. The number of sulfonamides is 1. The molecule has 0 radical (unpaired) electrons. The fourth-order valence-electron chi connectivity index (χ4n) is 10.3. The van der Waals surface area contributed by atoms with Crippen LogP contribution in [-0.4, -0.2) is 55.8 Å². The van der Waals surface area contributed by atoms with E-state index in [2.05, 4.69) is 25.5 Å². The number of benzene rings is 1. The number of rotatable bonds is 8. The fraction of sp³-hybridized carbons (Fsp3) is 0.788. The minimum Gasteiger partial charge on any atom is -0.449 e. The van der Waals surface area contributed by atoms with Gasteiger partial charge in [0.15, 0.2) is 0 Å². The number of hydrogen-bond donors (Lipinski definition) is 3. The van der Waals surface area contributed by atoms with Crippen molar-refractivity contribution in [2.24, 2.45) is 52.3 Å². The van der Waals surface area contributed by atoms with Crippen molar-refractivity contribution in [2.45, 2.75) is 108 Å². The number of amides is 1. The second-order valence-electron chi connectivity index (χ2n) is 14.9. The monoisotopic (exact) mass is 695 g/mol. The Labute approximate surface area is 272 Å². The molecule has 0 aliphatic heterocycles. The SMILES string of the molecule is CC[C@H]1[C@@H](O)[C@@H]2[C@H](CC[C@]3(C)[C@@H]([C@H](C)COC(=O)NS(=O)(=O)c4ccc(OC(F)(F)C(F)(F)F)cc4)CC[C@@H]23)[C@@]2(C)CC[C@@H](O)C[C@@H]12. The highest BCUT2D eigenvalue weighted by Gasteiger charge is 2.65. The molecule has 5 rings (SSSR count). The Morgan fingerprint density at radius 1 is 0.979 bits per heavy atom. The van der Waals surface area contributed by atoms with E-state index in [1.165, 1.54) is 0 Å². The van der Waals surface area contributed by atoms with Gasteiger partial charge in [0.2, 0.25) is 0 Å². The summed E-state index contributed by atoms with van der Waals surface area (Å²) in [4.78, 5) is 12.0. The second kappa shape index (κ2) is 12.6. The van der Waals surface area contributed by atoms with Gasteiger partial charge in [0.25, 0.3) is 10.0 Å². The Morgan fingerprint density at radius 3 is 2.21 bits per heavy atom. The summed E-state index contributed by atoms with van der Waals surface area (Å²) in [6.45, 7) is 8.69. The average molecular weight is 696 g/mol. The quantitative estimate of drug-likeness (QED) is 0.253. The van der Waals surface area contributed by atoms with E-state index in [4.69, 9.17) is 4.74 Å². The zero-order valence-corrected chi connectivity index (χ0v) is 27.9. The standard InChI is InChI=1S/C33H46F5NO7S/c1-5-22-26-16-19(40)12-14-31(26,4)25-13-15-30(3)23(10-11-24(30)27(25)28(22)41)18(2)17-45-29(42)39-47(43,44)21-8-6-20(7-9-21)46-33(37,38)32(34,35)36/h6-9,18-19,22-28,40-41H,5,10-17H2,1-4H3,(H,39,42)/t18-,19-,22-,23-,24+,25+,26+,27+,28-,30-,31-/m1/s1. The first-order chi connectivity index (χ1) is 21.7. The predicted octanol–water partition coefficient (Wildman–Crippen LogP) is 6.90. The maximum absolute atomic E-state index is 13.2. The minimum absolute atomic E-state index is 0.0560. The van der Waals surface area contributed by atoms with E-state index in [9.17, 15) is 45.4 Å². The number of aliphatic hydroxyl groups excluding tert-OH is 2. The molecule has 1 aromatic carbocycles. The lowest BCUT2D eigenvalue weighted by Gasteiger charge is -2.64. The van der Waals surface area contributed by atoms with E-state index in [0.29, 0.717) is 29.9 Å². The molecule has 0 saturated heterocycles. The highest BCUT2D eigenvalue weighted by Crippen LogP contribution is 2.69. The second-order valence-corrected chi connectivity index (χ2v) is 16.6. The van der Waals surface area contributed by atoms with Gasteiger partial charge in [0, 0.05) is 0 Å². The van der Waals surface area contributed by atoms with Gasteiger partial charge < -0.3 is 19.7 Å². The Kier molecular flexibility index (Phi) is 9.68. The number of halogens is 5. The molecule has 0 spiro atoms. The van der Waals surface area contributed by atoms with Crippen LogP contribution in [0.15, 0.2) is 29.2 Å². The van der Waals surface area contributed by atoms with Crippen LogP contribution in [0.4, 0.5) is 26.7 Å². The van der Waals surface area contributed by atoms with Gasteiger partial charge in [-0.3, -0.25) is 0 Å². The van der Waals surface area contributed by atoms with Crippen LogP contribution in [0.3, 0.4) is 0 Å². The zero-order valence-electron chi connectivity index (χ0n) is 27.1. The molecule has 266 valence electrons. The summed E-state index contributed by atoms with van der Waals surface area (Å²) < 4.78 is 99.6. The maximum atomic E-state index is 13.2. The smallest absolute Gasteiger partial charge is 0.449 e. The van der Waals surface area contributed by atoms with Crippen molar-refractivity contribution in [1.82, 2.24) is 4.72 Å². The molecule has 11 atom stereocenters. The lowest BCUT2D eigenvalue weighted by atomic mass is 9.41. The fourth-order valence-corrected chi connectivity index (χ4v) is 11.2. The number of fused-ring (bicyclic) bond motifs is 5. The summed E-state index contributed by atoms with van der Waals surface area (Å²) in [5.74, 6) is 0.383. The third-order valence-corrected chi connectivity index (χ3v) is 13.9. The Hall–Kier alpha value is -2.19. The summed E-state index contributed by atoms with van der Waals surface area (Å²) in [5.41, 5.74) is -0.0289. The minimum atomic E-state index is -5.96. The topological polar surface area (TPSA) is 122 Å². The van der Waals surface area contributed by atoms with Crippen LogP contribution < -0.4 is 9.46 Å². The normalized spacial score (nSPS) is 38.0. The molecule has 8 nitrogen and oxygen atoms in total. The number of hydrogen-bond acceptors (Lipinski definition) is 7. The number of carbonyl (C=O) groups is 1. The number of aliphatic hydroxyl groups is 2. The van der Waals surface area contributed by atoms with Crippen LogP contribution in [-0.2, 0) is 14.8 Å². The third-order valence-electron chi connectivity index (χ3n) is 12.6. The van der Waals surface area contributed by atoms with Crippen LogP contribution >= 0.6 is 0 Å². The summed E-state index contributed by atoms with van der Waals surface area (Å²) in [6, 6.07) is 2.71. The molecule has 4 saturated carbocycles. The van der Waals surface area contributed by atoms with Crippen LogP contribution in [0.5, 0.6) is 5.75 Å². The van der Waals surface area contributed by atoms with E-state index in [1.807, 2.05) is 6.92 Å². The molecule has 0 bridgehead atoms. The van der Waals surface area contributed by atoms with Crippen molar-refractivity contribution in [3.63, 3.8) is 0 Å². The molecule has 4 fully saturated rings. The Balaban J connectivity index is 1.21. The van der Waals surface area contributed by atoms with Crippen molar-refractivity contribution in [2.75, 3.05) is 6.61 Å². The predicted molar refractivity (Wildman–Crippen MR) is 161 cm³/mol. The van der Waals surface area contributed by atoms with Gasteiger partial charge in [0.05, 0.1) is 23.7 Å². The van der Waals surface area contributed by atoms with Gasteiger partial charge in [-0.2, -0.15) is 22.0 Å². The Bertz CT molecular complexity index is 1410. The lowest BCUT2D eigenvalue weighted by molar-refractivity contribution is -0.360. The zero-order chi connectivity index (χ0) is 34.7. The molecule has 0 unspecified atom stereocenters. The van der Waals surface area contributed by atoms with Gasteiger partial charge in [-0.25, -0.2) is 17.9 Å². The first-order valence-electron chi connectivity index (χ1n) is 16.5. The van der Waals surface area contributed by atoms with E-state index >= 15 is 0 Å².